The van der Waals surface area contributed by atoms with Crippen molar-refractivity contribution < 1.29 is 28.5 Å². The molecule has 0 unspecified atom stereocenters. The van der Waals surface area contributed by atoms with Gasteiger partial charge in [0.15, 0.2) is 6.61 Å². The van der Waals surface area contributed by atoms with E-state index < -0.39 is 11.9 Å². The predicted octanol–water partition coefficient (Wildman–Crippen LogP) is 3.09. The maximum absolute atomic E-state index is 12.0. The fourth-order valence-electron chi connectivity index (χ4n) is 2.15. The lowest BCUT2D eigenvalue weighted by Gasteiger charge is -2.10. The Morgan fingerprint density at radius 2 is 1.81 bits per heavy atom. The van der Waals surface area contributed by atoms with Gasteiger partial charge in [0.2, 0.25) is 0 Å². The molecule has 0 aromatic heterocycles. The van der Waals surface area contributed by atoms with Gasteiger partial charge in [-0.05, 0) is 49.2 Å². The van der Waals surface area contributed by atoms with Crippen LogP contribution in [0, 0.1) is 13.8 Å². The predicted molar refractivity (Wildman–Crippen MR) is 95.6 cm³/mol. The molecule has 0 fully saturated rings. The van der Waals surface area contributed by atoms with Gasteiger partial charge in [0.25, 0.3) is 0 Å². The van der Waals surface area contributed by atoms with E-state index in [0.717, 1.165) is 11.1 Å². The number of hydrogen-bond donors (Lipinski definition) is 0. The first-order valence-corrected chi connectivity index (χ1v) is 8.16. The van der Waals surface area contributed by atoms with E-state index >= 15 is 0 Å². The Balaban J connectivity index is 1.91. The van der Waals surface area contributed by atoms with Crippen molar-refractivity contribution in [3.63, 3.8) is 0 Å². The molecule has 6 heteroatoms. The van der Waals surface area contributed by atoms with E-state index in [9.17, 15) is 9.59 Å². The van der Waals surface area contributed by atoms with Crippen molar-refractivity contribution in [3.8, 4) is 11.5 Å². The minimum atomic E-state index is -0.559. The molecule has 26 heavy (non-hydrogen) atoms. The van der Waals surface area contributed by atoms with Crippen molar-refractivity contribution in [3.05, 3.63) is 59.2 Å². The average Bonchev–Trinajstić information content (AvgIpc) is 2.63. The van der Waals surface area contributed by atoms with Crippen LogP contribution < -0.4 is 9.47 Å². The van der Waals surface area contributed by atoms with Crippen molar-refractivity contribution in [2.24, 2.45) is 0 Å². The lowest BCUT2D eigenvalue weighted by molar-refractivity contribution is -0.136. The Labute approximate surface area is 152 Å². The minimum Gasteiger partial charge on any atom is -0.482 e. The Morgan fingerprint density at radius 3 is 2.58 bits per heavy atom. The third-order valence-electron chi connectivity index (χ3n) is 3.51. The normalized spacial score (nSPS) is 10.3. The number of rotatable bonds is 8. The SMILES string of the molecule is COCCOC(=O)c1cccc(OC(=O)COc2cc(C)ccc2C)c1. The highest BCUT2D eigenvalue weighted by atomic mass is 16.6. The molecular formula is C20H22O6. The summed E-state index contributed by atoms with van der Waals surface area (Å²) in [4.78, 5) is 23.9. The molecule has 0 spiro atoms. The van der Waals surface area contributed by atoms with Crippen LogP contribution in [0.25, 0.3) is 0 Å². The largest absolute Gasteiger partial charge is 0.482 e. The fourth-order valence-corrected chi connectivity index (χ4v) is 2.15. The smallest absolute Gasteiger partial charge is 0.349 e. The van der Waals surface area contributed by atoms with Crippen LogP contribution in [0.1, 0.15) is 21.5 Å². The summed E-state index contributed by atoms with van der Waals surface area (Å²) in [6.07, 6.45) is 0. The Hall–Kier alpha value is -2.86. The second kappa shape index (κ2) is 9.58. The molecule has 0 aliphatic carbocycles. The van der Waals surface area contributed by atoms with E-state index in [4.69, 9.17) is 18.9 Å². The van der Waals surface area contributed by atoms with Gasteiger partial charge in [-0.3, -0.25) is 0 Å². The van der Waals surface area contributed by atoms with Gasteiger partial charge in [0.05, 0.1) is 12.2 Å². The quantitative estimate of drug-likeness (QED) is 0.410. The van der Waals surface area contributed by atoms with Gasteiger partial charge in [-0.15, -0.1) is 0 Å². The average molecular weight is 358 g/mol. The number of aryl methyl sites for hydroxylation is 2. The van der Waals surface area contributed by atoms with Crippen molar-refractivity contribution in [2.45, 2.75) is 13.8 Å². The molecule has 0 bridgehead atoms. The maximum atomic E-state index is 12.0. The first kappa shape index (κ1) is 19.5. The molecule has 0 radical (unpaired) electrons. The van der Waals surface area contributed by atoms with E-state index in [1.54, 1.807) is 18.2 Å². The number of benzene rings is 2. The Bertz CT molecular complexity index is 769. The summed E-state index contributed by atoms with van der Waals surface area (Å²) in [7, 11) is 1.52. The van der Waals surface area contributed by atoms with E-state index in [1.165, 1.54) is 13.2 Å². The molecule has 6 nitrogen and oxygen atoms in total. The van der Waals surface area contributed by atoms with E-state index in [-0.39, 0.29) is 19.0 Å². The summed E-state index contributed by atoms with van der Waals surface area (Å²) in [6.45, 7) is 4.09. The Kier molecular flexibility index (Phi) is 7.17. The van der Waals surface area contributed by atoms with Gasteiger partial charge in [0.1, 0.15) is 18.1 Å². The molecule has 0 atom stereocenters. The first-order valence-electron chi connectivity index (χ1n) is 8.16. The van der Waals surface area contributed by atoms with Crippen LogP contribution >= 0.6 is 0 Å². The second-order valence-corrected chi connectivity index (χ2v) is 5.69. The third-order valence-corrected chi connectivity index (χ3v) is 3.51. The van der Waals surface area contributed by atoms with Crippen LogP contribution in [-0.2, 0) is 14.3 Å². The van der Waals surface area contributed by atoms with Crippen LogP contribution in [0.15, 0.2) is 42.5 Å². The van der Waals surface area contributed by atoms with Gasteiger partial charge in [-0.1, -0.05) is 18.2 Å². The molecule has 0 amide bonds. The standard InChI is InChI=1S/C20H22O6/c1-14-7-8-15(2)18(11-14)25-13-19(21)26-17-6-4-5-16(12-17)20(22)24-10-9-23-3/h4-8,11-12H,9-10,13H2,1-3H3. The van der Waals surface area contributed by atoms with E-state index in [0.29, 0.717) is 17.9 Å². The zero-order valence-electron chi connectivity index (χ0n) is 15.1. The summed E-state index contributed by atoms with van der Waals surface area (Å²) in [6, 6.07) is 12.0. The maximum Gasteiger partial charge on any atom is 0.349 e. The molecule has 0 N–H and O–H groups in total. The third kappa shape index (κ3) is 5.89. The second-order valence-electron chi connectivity index (χ2n) is 5.69. The zero-order valence-corrected chi connectivity index (χ0v) is 15.1. The van der Waals surface area contributed by atoms with Crippen LogP contribution in [0.5, 0.6) is 11.5 Å². The summed E-state index contributed by atoms with van der Waals surface area (Å²) in [5, 5.41) is 0. The molecule has 2 aromatic carbocycles. The van der Waals surface area contributed by atoms with Gasteiger partial charge < -0.3 is 18.9 Å². The molecule has 0 saturated carbocycles. The number of carbonyl (C=O) groups is 2. The number of methoxy groups -OCH3 is 1. The van der Waals surface area contributed by atoms with E-state index in [2.05, 4.69) is 0 Å². The molecule has 2 aromatic rings. The molecule has 2 rings (SSSR count). The molecule has 0 aliphatic heterocycles. The van der Waals surface area contributed by atoms with Crippen molar-refractivity contribution >= 4 is 11.9 Å². The summed E-state index contributed by atoms with van der Waals surface area (Å²) in [5.74, 6) is -0.180. The highest BCUT2D eigenvalue weighted by Crippen LogP contribution is 2.19. The zero-order chi connectivity index (χ0) is 18.9. The molecule has 0 saturated heterocycles. The van der Waals surface area contributed by atoms with Crippen LogP contribution in [0.3, 0.4) is 0 Å². The minimum absolute atomic E-state index is 0.156. The van der Waals surface area contributed by atoms with Crippen molar-refractivity contribution in [1.29, 1.82) is 0 Å². The van der Waals surface area contributed by atoms with Crippen LogP contribution in [0.4, 0.5) is 0 Å². The molecule has 0 heterocycles. The number of ether oxygens (including phenoxy) is 4. The first-order chi connectivity index (χ1) is 12.5. The highest BCUT2D eigenvalue weighted by molar-refractivity contribution is 5.90. The highest BCUT2D eigenvalue weighted by Gasteiger charge is 2.11. The van der Waals surface area contributed by atoms with E-state index in [1.807, 2.05) is 32.0 Å². The van der Waals surface area contributed by atoms with Gasteiger partial charge in [-0.2, -0.15) is 0 Å². The molecule has 0 aliphatic rings. The van der Waals surface area contributed by atoms with Gasteiger partial charge in [0, 0.05) is 7.11 Å². The topological polar surface area (TPSA) is 71.1 Å². The summed E-state index contributed by atoms with van der Waals surface area (Å²) < 4.78 is 20.6. The summed E-state index contributed by atoms with van der Waals surface area (Å²) in [5.41, 5.74) is 2.27. The number of hydrogen-bond acceptors (Lipinski definition) is 6. The lowest BCUT2D eigenvalue weighted by Crippen LogP contribution is -2.18. The van der Waals surface area contributed by atoms with Gasteiger partial charge >= 0.3 is 11.9 Å². The van der Waals surface area contributed by atoms with Crippen LogP contribution in [0.2, 0.25) is 0 Å². The molecular weight excluding hydrogens is 336 g/mol. The van der Waals surface area contributed by atoms with Crippen molar-refractivity contribution in [2.75, 3.05) is 26.9 Å². The Morgan fingerprint density at radius 1 is 1.00 bits per heavy atom. The number of esters is 2. The fraction of sp³-hybridized carbons (Fsp3) is 0.300. The summed E-state index contributed by atoms with van der Waals surface area (Å²) >= 11 is 0. The van der Waals surface area contributed by atoms with Crippen molar-refractivity contribution in [1.82, 2.24) is 0 Å². The lowest BCUT2D eigenvalue weighted by atomic mass is 10.1. The molecule has 138 valence electrons. The van der Waals surface area contributed by atoms with Gasteiger partial charge in [-0.25, -0.2) is 9.59 Å². The van der Waals surface area contributed by atoms with Crippen LogP contribution in [-0.4, -0.2) is 38.9 Å². The monoisotopic (exact) mass is 358 g/mol. The number of carbonyl (C=O) groups excluding carboxylic acids is 2.